The number of hydrogen-bond donors (Lipinski definition) is 0. The highest BCUT2D eigenvalue weighted by Crippen LogP contribution is 2.68. The Hall–Kier alpha value is -1.14. The summed E-state index contributed by atoms with van der Waals surface area (Å²) in [7, 11) is 1.48. The smallest absolute Gasteiger partial charge is 0.305 e. The standard InChI is InChI=1S/C31H52O6/c1-7-35-19-36-29-26-12-11-22-24-14-13-23(20(2)9-8-10-28(33)34-6)30(24,4)17-15-25(22)31(26,5)18-16-27(29)37-21(3)32/h20,22-27,29H,7-19H2,1-6H3/t20-,22+,23-,24+,25+,26+,27+,29-,30-,31-/m1/s1. The maximum atomic E-state index is 11.9. The number of esters is 2. The molecule has 0 amide bonds. The summed E-state index contributed by atoms with van der Waals surface area (Å²) in [6.45, 7) is 11.9. The molecule has 0 N–H and O–H groups in total. The second-order valence-corrected chi connectivity index (χ2v) is 13.2. The number of methoxy groups -OCH3 is 1. The number of carbonyl (C=O) groups excluding carboxylic acids is 2. The highest BCUT2D eigenvalue weighted by atomic mass is 16.7. The van der Waals surface area contributed by atoms with Crippen molar-refractivity contribution < 1.29 is 28.5 Å². The van der Waals surface area contributed by atoms with Crippen LogP contribution in [-0.4, -0.2) is 44.7 Å². The zero-order valence-corrected chi connectivity index (χ0v) is 24.3. The molecule has 212 valence electrons. The van der Waals surface area contributed by atoms with Crippen molar-refractivity contribution in [1.82, 2.24) is 0 Å². The van der Waals surface area contributed by atoms with E-state index in [0.717, 1.165) is 49.9 Å². The van der Waals surface area contributed by atoms with Gasteiger partial charge >= 0.3 is 11.9 Å². The molecule has 0 bridgehead atoms. The molecular weight excluding hydrogens is 468 g/mol. The third kappa shape index (κ3) is 5.62. The van der Waals surface area contributed by atoms with Crippen molar-refractivity contribution >= 4 is 11.9 Å². The molecule has 4 aliphatic carbocycles. The summed E-state index contributed by atoms with van der Waals surface area (Å²) < 4.78 is 22.6. The highest BCUT2D eigenvalue weighted by molar-refractivity contribution is 5.69. The molecule has 4 rings (SSSR count). The maximum absolute atomic E-state index is 11.9. The van der Waals surface area contributed by atoms with Gasteiger partial charge in [0.1, 0.15) is 19.0 Å². The Bertz CT molecular complexity index is 799. The minimum absolute atomic E-state index is 0.0744. The van der Waals surface area contributed by atoms with E-state index in [2.05, 4.69) is 20.8 Å². The van der Waals surface area contributed by atoms with Crippen molar-refractivity contribution in [1.29, 1.82) is 0 Å². The first kappa shape index (κ1) is 28.9. The number of carbonyl (C=O) groups is 2. The molecule has 0 saturated heterocycles. The van der Waals surface area contributed by atoms with Crippen LogP contribution in [0, 0.1) is 46.3 Å². The van der Waals surface area contributed by atoms with Gasteiger partial charge in [0.2, 0.25) is 0 Å². The molecule has 0 aliphatic heterocycles. The van der Waals surface area contributed by atoms with Crippen molar-refractivity contribution in [2.45, 2.75) is 117 Å². The molecule has 4 saturated carbocycles. The third-order valence-corrected chi connectivity index (χ3v) is 11.6. The first-order valence-electron chi connectivity index (χ1n) is 15.1. The van der Waals surface area contributed by atoms with Crippen molar-refractivity contribution in [2.24, 2.45) is 46.3 Å². The van der Waals surface area contributed by atoms with Crippen LogP contribution < -0.4 is 0 Å². The van der Waals surface area contributed by atoms with Crippen LogP contribution in [0.2, 0.25) is 0 Å². The zero-order chi connectivity index (χ0) is 26.8. The Labute approximate surface area is 224 Å². The Balaban J connectivity index is 1.47. The van der Waals surface area contributed by atoms with E-state index >= 15 is 0 Å². The lowest BCUT2D eigenvalue weighted by molar-refractivity contribution is -0.222. The molecular formula is C31H52O6. The van der Waals surface area contributed by atoms with Crippen molar-refractivity contribution in [3.8, 4) is 0 Å². The van der Waals surface area contributed by atoms with Crippen LogP contribution >= 0.6 is 0 Å². The molecule has 6 nitrogen and oxygen atoms in total. The SMILES string of the molecule is CCOCO[C@H]1[C@@H](OC(C)=O)CC[C@]2(C)[C@H]3CC[C@]4(C)[C@@H]([C@H](C)CCCC(=O)OC)CC[C@H]4[C@@H]3CC[C@@H]12. The second-order valence-electron chi connectivity index (χ2n) is 13.2. The van der Waals surface area contributed by atoms with Gasteiger partial charge in [-0.15, -0.1) is 0 Å². The lowest BCUT2D eigenvalue weighted by atomic mass is 9.44. The van der Waals surface area contributed by atoms with E-state index in [1.807, 2.05) is 6.92 Å². The molecule has 4 fully saturated rings. The van der Waals surface area contributed by atoms with Gasteiger partial charge in [-0.1, -0.05) is 20.8 Å². The van der Waals surface area contributed by atoms with Crippen LogP contribution in [0.25, 0.3) is 0 Å². The van der Waals surface area contributed by atoms with Crippen LogP contribution in [0.1, 0.15) is 105 Å². The van der Waals surface area contributed by atoms with E-state index in [0.29, 0.717) is 36.2 Å². The third-order valence-electron chi connectivity index (χ3n) is 11.6. The van der Waals surface area contributed by atoms with E-state index in [-0.39, 0.29) is 36.4 Å². The van der Waals surface area contributed by atoms with Crippen LogP contribution in [0.15, 0.2) is 0 Å². The Morgan fingerprint density at radius 1 is 0.946 bits per heavy atom. The summed E-state index contributed by atoms with van der Waals surface area (Å²) in [6.07, 6.45) is 12.1. The molecule has 0 aromatic rings. The van der Waals surface area contributed by atoms with Gasteiger partial charge in [-0.25, -0.2) is 0 Å². The fourth-order valence-corrected chi connectivity index (χ4v) is 9.89. The summed E-state index contributed by atoms with van der Waals surface area (Å²) in [5.74, 6) is 3.82. The largest absolute Gasteiger partial charge is 0.469 e. The van der Waals surface area contributed by atoms with Crippen molar-refractivity contribution in [2.75, 3.05) is 20.5 Å². The number of ether oxygens (including phenoxy) is 4. The van der Waals surface area contributed by atoms with Crippen LogP contribution in [0.5, 0.6) is 0 Å². The molecule has 0 spiro atoms. The van der Waals surface area contributed by atoms with Crippen LogP contribution in [-0.2, 0) is 28.5 Å². The summed E-state index contributed by atoms with van der Waals surface area (Å²) in [5.41, 5.74) is 0.636. The molecule has 10 atom stereocenters. The summed E-state index contributed by atoms with van der Waals surface area (Å²) in [6, 6.07) is 0. The molecule has 0 unspecified atom stereocenters. The van der Waals surface area contributed by atoms with Gasteiger partial charge in [-0.2, -0.15) is 0 Å². The fraction of sp³-hybridized carbons (Fsp3) is 0.935. The Morgan fingerprint density at radius 3 is 2.35 bits per heavy atom. The predicted molar refractivity (Wildman–Crippen MR) is 143 cm³/mol. The topological polar surface area (TPSA) is 71.1 Å². The van der Waals surface area contributed by atoms with Gasteiger partial charge in [-0.05, 0) is 117 Å². The fourth-order valence-electron chi connectivity index (χ4n) is 9.89. The van der Waals surface area contributed by atoms with E-state index in [1.54, 1.807) is 0 Å². The van der Waals surface area contributed by atoms with Crippen molar-refractivity contribution in [3.05, 3.63) is 0 Å². The van der Waals surface area contributed by atoms with E-state index in [9.17, 15) is 9.59 Å². The zero-order valence-electron chi connectivity index (χ0n) is 24.3. The van der Waals surface area contributed by atoms with E-state index in [1.165, 1.54) is 46.1 Å². The van der Waals surface area contributed by atoms with E-state index < -0.39 is 0 Å². The molecule has 6 heteroatoms. The minimum Gasteiger partial charge on any atom is -0.469 e. The average Bonchev–Trinajstić information content (AvgIpc) is 3.22. The lowest BCUT2D eigenvalue weighted by Crippen LogP contribution is -2.59. The number of rotatable bonds is 10. The van der Waals surface area contributed by atoms with Gasteiger partial charge in [0.15, 0.2) is 0 Å². The molecule has 0 aromatic carbocycles. The van der Waals surface area contributed by atoms with E-state index in [4.69, 9.17) is 18.9 Å². The van der Waals surface area contributed by atoms with Gasteiger partial charge in [-0.3, -0.25) is 9.59 Å². The number of hydrogen-bond acceptors (Lipinski definition) is 6. The summed E-state index contributed by atoms with van der Waals surface area (Å²) in [5, 5.41) is 0. The lowest BCUT2D eigenvalue weighted by Gasteiger charge is -2.62. The average molecular weight is 521 g/mol. The Kier molecular flexibility index (Phi) is 9.31. The summed E-state index contributed by atoms with van der Waals surface area (Å²) in [4.78, 5) is 23.5. The van der Waals surface area contributed by atoms with Crippen LogP contribution in [0.4, 0.5) is 0 Å². The molecule has 0 aromatic heterocycles. The quantitative estimate of drug-likeness (QED) is 0.185. The molecule has 0 radical (unpaired) electrons. The summed E-state index contributed by atoms with van der Waals surface area (Å²) >= 11 is 0. The van der Waals surface area contributed by atoms with Gasteiger partial charge in [0.25, 0.3) is 0 Å². The first-order valence-corrected chi connectivity index (χ1v) is 15.1. The van der Waals surface area contributed by atoms with Crippen molar-refractivity contribution in [3.63, 3.8) is 0 Å². The minimum atomic E-state index is -0.210. The molecule has 0 heterocycles. The van der Waals surface area contributed by atoms with Gasteiger partial charge < -0.3 is 18.9 Å². The Morgan fingerprint density at radius 2 is 1.65 bits per heavy atom. The number of fused-ring (bicyclic) bond motifs is 5. The first-order chi connectivity index (χ1) is 17.7. The molecule has 4 aliphatic rings. The van der Waals surface area contributed by atoms with Gasteiger partial charge in [0.05, 0.1) is 7.11 Å². The highest BCUT2D eigenvalue weighted by Gasteiger charge is 2.62. The monoisotopic (exact) mass is 520 g/mol. The molecule has 37 heavy (non-hydrogen) atoms. The maximum Gasteiger partial charge on any atom is 0.305 e. The van der Waals surface area contributed by atoms with Crippen LogP contribution in [0.3, 0.4) is 0 Å². The van der Waals surface area contributed by atoms with Gasteiger partial charge in [0, 0.05) is 20.0 Å². The predicted octanol–water partition coefficient (Wildman–Crippen LogP) is 6.55. The normalized spacial score (nSPS) is 41.7. The second kappa shape index (κ2) is 11.9.